The number of thioether (sulfide) groups is 2. The van der Waals surface area contributed by atoms with E-state index in [4.69, 9.17) is 0 Å². The van der Waals surface area contributed by atoms with Gasteiger partial charge in [0.05, 0.1) is 16.8 Å². The second-order valence-electron chi connectivity index (χ2n) is 5.37. The number of alkyl halides is 2. The molecule has 1 N–H and O–H groups in total. The number of amides is 1. The summed E-state index contributed by atoms with van der Waals surface area (Å²) in [7, 11) is 0. The monoisotopic (exact) mass is 393 g/mol. The van der Waals surface area contributed by atoms with E-state index >= 15 is 0 Å². The van der Waals surface area contributed by atoms with Crippen LogP contribution in [-0.4, -0.2) is 27.0 Å². The first kappa shape index (κ1) is 18.7. The number of benzene rings is 2. The van der Waals surface area contributed by atoms with Crippen molar-refractivity contribution in [3.63, 3.8) is 0 Å². The Morgan fingerprint density at radius 2 is 1.92 bits per heavy atom. The number of carbonyl (C=O) groups excluding carboxylic acids is 1. The normalized spacial score (nSPS) is 11.2. The Morgan fingerprint density at radius 1 is 1.19 bits per heavy atom. The second kappa shape index (κ2) is 8.55. The number of aryl methyl sites for hydroxylation is 1. The molecule has 0 fully saturated rings. The number of anilines is 1. The number of imidazole rings is 1. The molecule has 26 heavy (non-hydrogen) atoms. The molecule has 0 saturated heterocycles. The van der Waals surface area contributed by atoms with Gasteiger partial charge in [-0.1, -0.05) is 35.7 Å². The molecule has 0 unspecified atom stereocenters. The molecule has 0 aliphatic heterocycles. The van der Waals surface area contributed by atoms with Gasteiger partial charge in [-0.25, -0.2) is 4.98 Å². The summed E-state index contributed by atoms with van der Waals surface area (Å²) in [6.45, 7) is 2.81. The SMILES string of the molecule is CCn1c(SCC(=O)Nc2ccc(SC(F)F)cc2)nc2ccccc21. The summed E-state index contributed by atoms with van der Waals surface area (Å²) in [6.07, 6.45) is 0. The zero-order valence-corrected chi connectivity index (χ0v) is 15.6. The average Bonchev–Trinajstić information content (AvgIpc) is 2.98. The predicted molar refractivity (Wildman–Crippen MR) is 103 cm³/mol. The molecule has 0 aliphatic rings. The Kier molecular flexibility index (Phi) is 6.16. The lowest BCUT2D eigenvalue weighted by Crippen LogP contribution is -2.14. The number of fused-ring (bicyclic) bond motifs is 1. The maximum atomic E-state index is 12.3. The molecule has 0 radical (unpaired) electrons. The summed E-state index contributed by atoms with van der Waals surface area (Å²) in [4.78, 5) is 17.2. The van der Waals surface area contributed by atoms with Crippen LogP contribution in [0.25, 0.3) is 11.0 Å². The van der Waals surface area contributed by atoms with Gasteiger partial charge in [-0.3, -0.25) is 4.79 Å². The van der Waals surface area contributed by atoms with Gasteiger partial charge in [0, 0.05) is 17.1 Å². The van der Waals surface area contributed by atoms with E-state index in [1.165, 1.54) is 11.8 Å². The summed E-state index contributed by atoms with van der Waals surface area (Å²) in [5.41, 5.74) is 2.53. The average molecular weight is 393 g/mol. The van der Waals surface area contributed by atoms with Crippen molar-refractivity contribution in [1.29, 1.82) is 0 Å². The molecule has 0 spiro atoms. The van der Waals surface area contributed by atoms with E-state index in [1.54, 1.807) is 24.3 Å². The van der Waals surface area contributed by atoms with Crippen LogP contribution in [0.5, 0.6) is 0 Å². The number of nitrogens with zero attached hydrogens (tertiary/aromatic N) is 2. The molecule has 136 valence electrons. The number of nitrogens with one attached hydrogen (secondary N) is 1. The molecule has 3 aromatic rings. The third-order valence-corrected chi connectivity index (χ3v) is 5.33. The van der Waals surface area contributed by atoms with E-state index in [0.717, 1.165) is 22.7 Å². The minimum atomic E-state index is -2.45. The minimum absolute atomic E-state index is 0.168. The summed E-state index contributed by atoms with van der Waals surface area (Å²) in [5, 5.41) is 3.57. The van der Waals surface area contributed by atoms with E-state index in [2.05, 4.69) is 14.9 Å². The van der Waals surface area contributed by atoms with Crippen molar-refractivity contribution in [2.75, 3.05) is 11.1 Å². The highest BCUT2D eigenvalue weighted by Gasteiger charge is 2.12. The van der Waals surface area contributed by atoms with Gasteiger partial charge in [0.15, 0.2) is 5.16 Å². The van der Waals surface area contributed by atoms with Crippen molar-refractivity contribution in [2.45, 2.75) is 29.3 Å². The molecule has 2 aromatic carbocycles. The number of aromatic nitrogens is 2. The fourth-order valence-corrected chi connectivity index (χ4v) is 3.89. The van der Waals surface area contributed by atoms with Crippen LogP contribution in [-0.2, 0) is 11.3 Å². The molecule has 1 amide bonds. The van der Waals surface area contributed by atoms with Gasteiger partial charge in [-0.05, 0) is 43.3 Å². The Morgan fingerprint density at radius 3 is 2.62 bits per heavy atom. The molecular weight excluding hydrogens is 376 g/mol. The molecule has 1 heterocycles. The van der Waals surface area contributed by atoms with E-state index < -0.39 is 5.76 Å². The Hall–Kier alpha value is -2.06. The topological polar surface area (TPSA) is 46.9 Å². The lowest BCUT2D eigenvalue weighted by molar-refractivity contribution is -0.113. The van der Waals surface area contributed by atoms with Crippen LogP contribution < -0.4 is 5.32 Å². The van der Waals surface area contributed by atoms with Crippen molar-refractivity contribution in [3.8, 4) is 0 Å². The zero-order valence-electron chi connectivity index (χ0n) is 14.0. The van der Waals surface area contributed by atoms with Crippen LogP contribution in [0.1, 0.15) is 6.92 Å². The first-order valence-electron chi connectivity index (χ1n) is 7.99. The zero-order chi connectivity index (χ0) is 18.5. The molecule has 0 atom stereocenters. The molecule has 8 heteroatoms. The summed E-state index contributed by atoms with van der Waals surface area (Å²) < 4.78 is 26.7. The van der Waals surface area contributed by atoms with E-state index in [0.29, 0.717) is 22.3 Å². The highest BCUT2D eigenvalue weighted by atomic mass is 32.2. The maximum absolute atomic E-state index is 12.3. The fourth-order valence-electron chi connectivity index (χ4n) is 2.52. The van der Waals surface area contributed by atoms with Gasteiger partial charge in [-0.15, -0.1) is 0 Å². The van der Waals surface area contributed by atoms with E-state index in [1.807, 2.05) is 31.2 Å². The summed E-state index contributed by atoms with van der Waals surface area (Å²) in [5.74, 6) is -2.40. The van der Waals surface area contributed by atoms with Crippen LogP contribution in [0.4, 0.5) is 14.5 Å². The summed E-state index contributed by atoms with van der Waals surface area (Å²) >= 11 is 1.85. The minimum Gasteiger partial charge on any atom is -0.325 e. The molecule has 4 nitrogen and oxygen atoms in total. The third kappa shape index (κ3) is 4.56. The van der Waals surface area contributed by atoms with Crippen molar-refractivity contribution in [3.05, 3.63) is 48.5 Å². The highest BCUT2D eigenvalue weighted by molar-refractivity contribution is 8.00. The van der Waals surface area contributed by atoms with Crippen LogP contribution in [0.3, 0.4) is 0 Å². The van der Waals surface area contributed by atoms with Crippen LogP contribution in [0, 0.1) is 0 Å². The van der Waals surface area contributed by atoms with Crippen molar-refractivity contribution < 1.29 is 13.6 Å². The molecule has 0 bridgehead atoms. The molecule has 0 aliphatic carbocycles. The van der Waals surface area contributed by atoms with Gasteiger partial charge in [0.1, 0.15) is 0 Å². The first-order chi connectivity index (χ1) is 12.6. The molecular formula is C18H17F2N3OS2. The Balaban J connectivity index is 1.61. The van der Waals surface area contributed by atoms with Crippen LogP contribution in [0.2, 0.25) is 0 Å². The lowest BCUT2D eigenvalue weighted by atomic mass is 10.3. The Labute approximate surface area is 158 Å². The number of hydrogen-bond acceptors (Lipinski definition) is 4. The second-order valence-corrected chi connectivity index (χ2v) is 7.37. The standard InChI is InChI=1S/C18H17F2N3OS2/c1-2-23-15-6-4-3-5-14(15)22-18(23)25-11-16(24)21-12-7-9-13(10-8-12)26-17(19)20/h3-10,17H,2,11H2,1H3,(H,21,24). The largest absolute Gasteiger partial charge is 0.325 e. The Bertz CT molecular complexity index is 897. The van der Waals surface area contributed by atoms with Crippen molar-refractivity contribution in [1.82, 2.24) is 9.55 Å². The highest BCUT2D eigenvalue weighted by Crippen LogP contribution is 2.27. The summed E-state index contributed by atoms with van der Waals surface area (Å²) in [6, 6.07) is 14.2. The van der Waals surface area contributed by atoms with Gasteiger partial charge < -0.3 is 9.88 Å². The van der Waals surface area contributed by atoms with Gasteiger partial charge in [0.2, 0.25) is 5.91 Å². The first-order valence-corrected chi connectivity index (χ1v) is 9.86. The van der Waals surface area contributed by atoms with Gasteiger partial charge >= 0.3 is 0 Å². The van der Waals surface area contributed by atoms with E-state index in [9.17, 15) is 13.6 Å². The smallest absolute Gasteiger partial charge is 0.288 e. The van der Waals surface area contributed by atoms with E-state index in [-0.39, 0.29) is 11.7 Å². The fraction of sp³-hybridized carbons (Fsp3) is 0.222. The van der Waals surface area contributed by atoms with Gasteiger partial charge in [-0.2, -0.15) is 8.78 Å². The molecule has 1 aromatic heterocycles. The maximum Gasteiger partial charge on any atom is 0.288 e. The van der Waals surface area contributed by atoms with Crippen molar-refractivity contribution >= 4 is 46.2 Å². The number of halogens is 2. The van der Waals surface area contributed by atoms with Crippen molar-refractivity contribution in [2.24, 2.45) is 0 Å². The number of carbonyl (C=O) groups is 1. The van der Waals surface area contributed by atoms with Crippen LogP contribution >= 0.6 is 23.5 Å². The third-order valence-electron chi connectivity index (χ3n) is 3.63. The number of rotatable bonds is 7. The molecule has 3 rings (SSSR count). The quantitative estimate of drug-likeness (QED) is 0.567. The molecule has 0 saturated carbocycles. The number of hydrogen-bond donors (Lipinski definition) is 1. The lowest BCUT2D eigenvalue weighted by Gasteiger charge is -2.07. The number of para-hydroxylation sites is 2. The van der Waals surface area contributed by atoms with Crippen LogP contribution in [0.15, 0.2) is 58.6 Å². The predicted octanol–water partition coefficient (Wildman–Crippen LogP) is 5.10. The van der Waals surface area contributed by atoms with Gasteiger partial charge in [0.25, 0.3) is 5.76 Å².